The molecule has 0 aliphatic carbocycles. The summed E-state index contributed by atoms with van der Waals surface area (Å²) in [5, 5.41) is 10.2. The number of nitriles is 1. The first-order valence-electron chi connectivity index (χ1n) is 7.40. The summed E-state index contributed by atoms with van der Waals surface area (Å²) in [4.78, 5) is 14.4. The Morgan fingerprint density at radius 1 is 1.35 bits per heavy atom. The summed E-state index contributed by atoms with van der Waals surface area (Å²) < 4.78 is 5.22. The third kappa shape index (κ3) is 2.97. The van der Waals surface area contributed by atoms with Gasteiger partial charge < -0.3 is 9.64 Å². The van der Waals surface area contributed by atoms with Gasteiger partial charge in [0.15, 0.2) is 0 Å². The maximum absolute atomic E-state index is 12.5. The van der Waals surface area contributed by atoms with E-state index >= 15 is 0 Å². The van der Waals surface area contributed by atoms with E-state index in [0.29, 0.717) is 16.2 Å². The Morgan fingerprint density at radius 3 is 2.57 bits per heavy atom. The van der Waals surface area contributed by atoms with Crippen molar-refractivity contribution in [1.82, 2.24) is 4.90 Å². The van der Waals surface area contributed by atoms with Gasteiger partial charge in [0.1, 0.15) is 0 Å². The van der Waals surface area contributed by atoms with Crippen LogP contribution in [0.1, 0.15) is 32.3 Å². The highest BCUT2D eigenvalue weighted by atomic mass is 35.5. The zero-order valence-electron chi connectivity index (χ0n) is 13.7. The van der Waals surface area contributed by atoms with Crippen molar-refractivity contribution in [3.8, 4) is 6.07 Å². The van der Waals surface area contributed by atoms with E-state index in [0.717, 1.165) is 17.0 Å². The molecule has 0 bridgehead atoms. The number of carbonyl (C=O) groups is 1. The van der Waals surface area contributed by atoms with Crippen molar-refractivity contribution in [2.24, 2.45) is 0 Å². The summed E-state index contributed by atoms with van der Waals surface area (Å²) in [6.07, 6.45) is 0. The van der Waals surface area contributed by atoms with E-state index in [9.17, 15) is 10.1 Å². The summed E-state index contributed by atoms with van der Waals surface area (Å²) >= 11 is 6.34. The Hall–Kier alpha value is -2.25. The van der Waals surface area contributed by atoms with Crippen LogP contribution in [0.25, 0.3) is 0 Å². The van der Waals surface area contributed by atoms with E-state index in [1.807, 2.05) is 44.0 Å². The number of nitrogens with zero attached hydrogens (tertiary/aromatic N) is 2. The molecule has 0 aromatic heterocycles. The molecule has 0 saturated heterocycles. The molecule has 0 saturated carbocycles. The first-order chi connectivity index (χ1) is 10.9. The Balaban J connectivity index is 2.72. The van der Waals surface area contributed by atoms with Crippen molar-refractivity contribution in [1.29, 1.82) is 5.26 Å². The third-order valence-corrected chi connectivity index (χ3v) is 4.54. The summed E-state index contributed by atoms with van der Waals surface area (Å²) in [6, 6.07) is 9.52. The first kappa shape index (κ1) is 17.1. The number of esters is 1. The van der Waals surface area contributed by atoms with Crippen molar-refractivity contribution in [2.75, 3.05) is 13.7 Å². The summed E-state index contributed by atoms with van der Waals surface area (Å²) in [5.74, 6) is -0.925. The van der Waals surface area contributed by atoms with Crippen LogP contribution in [0.4, 0.5) is 0 Å². The molecule has 0 spiro atoms. The topological polar surface area (TPSA) is 53.3 Å². The fraction of sp³-hybridized carbons (Fsp3) is 0.333. The predicted molar refractivity (Wildman–Crippen MR) is 89.6 cm³/mol. The maximum atomic E-state index is 12.5. The summed E-state index contributed by atoms with van der Waals surface area (Å²) in [6.45, 7) is 5.76. The van der Waals surface area contributed by atoms with Crippen LogP contribution in [0.5, 0.6) is 0 Å². The molecule has 1 aromatic carbocycles. The highest BCUT2D eigenvalue weighted by Crippen LogP contribution is 2.43. The van der Waals surface area contributed by atoms with Gasteiger partial charge in [0.05, 0.1) is 29.7 Å². The van der Waals surface area contributed by atoms with E-state index in [2.05, 4.69) is 6.07 Å². The van der Waals surface area contributed by atoms with Gasteiger partial charge in [-0.3, -0.25) is 0 Å². The van der Waals surface area contributed by atoms with Crippen LogP contribution >= 0.6 is 11.6 Å². The number of rotatable bonds is 3. The molecule has 2 rings (SSSR count). The fourth-order valence-electron chi connectivity index (χ4n) is 2.82. The molecule has 5 heteroatoms. The van der Waals surface area contributed by atoms with Crippen LogP contribution < -0.4 is 0 Å². The number of allylic oxidation sites excluding steroid dienone is 3. The zero-order chi connectivity index (χ0) is 17.1. The molecular formula is C18H19ClN2O2. The Bertz CT molecular complexity index is 744. The Morgan fingerprint density at radius 2 is 2.00 bits per heavy atom. The smallest absolute Gasteiger partial charge is 0.336 e. The molecule has 23 heavy (non-hydrogen) atoms. The molecular weight excluding hydrogens is 312 g/mol. The number of carbonyl (C=O) groups excluding carboxylic acids is 1. The first-order valence-corrected chi connectivity index (χ1v) is 7.78. The number of halogens is 1. The molecule has 0 N–H and O–H groups in total. The normalized spacial score (nSPS) is 18.1. The Labute approximate surface area is 141 Å². The van der Waals surface area contributed by atoms with Gasteiger partial charge in [-0.1, -0.05) is 29.8 Å². The molecule has 1 atom stereocenters. The van der Waals surface area contributed by atoms with Gasteiger partial charge in [0, 0.05) is 23.5 Å². The van der Waals surface area contributed by atoms with Crippen molar-refractivity contribution < 1.29 is 9.53 Å². The highest BCUT2D eigenvalue weighted by molar-refractivity contribution is 6.31. The van der Waals surface area contributed by atoms with E-state index in [1.165, 1.54) is 0 Å². The summed E-state index contributed by atoms with van der Waals surface area (Å²) in [7, 11) is 1.84. The maximum Gasteiger partial charge on any atom is 0.336 e. The van der Waals surface area contributed by atoms with E-state index < -0.39 is 11.9 Å². The van der Waals surface area contributed by atoms with Gasteiger partial charge in [0.25, 0.3) is 0 Å². The lowest BCUT2D eigenvalue weighted by atomic mass is 9.80. The third-order valence-electron chi connectivity index (χ3n) is 4.20. The van der Waals surface area contributed by atoms with Gasteiger partial charge >= 0.3 is 5.97 Å². The van der Waals surface area contributed by atoms with Crippen LogP contribution in [0.2, 0.25) is 5.02 Å². The van der Waals surface area contributed by atoms with Gasteiger partial charge in [-0.2, -0.15) is 5.26 Å². The number of benzene rings is 1. The highest BCUT2D eigenvalue weighted by Gasteiger charge is 2.36. The minimum absolute atomic E-state index is 0.277. The zero-order valence-corrected chi connectivity index (χ0v) is 14.4. The van der Waals surface area contributed by atoms with Crippen molar-refractivity contribution >= 4 is 17.6 Å². The predicted octanol–water partition coefficient (Wildman–Crippen LogP) is 4.00. The molecule has 0 amide bonds. The lowest BCUT2D eigenvalue weighted by Gasteiger charge is -2.34. The monoisotopic (exact) mass is 330 g/mol. The van der Waals surface area contributed by atoms with E-state index in [1.54, 1.807) is 13.0 Å². The molecule has 1 aliphatic heterocycles. The number of hydrogen-bond acceptors (Lipinski definition) is 4. The average molecular weight is 331 g/mol. The van der Waals surface area contributed by atoms with Crippen molar-refractivity contribution in [3.63, 3.8) is 0 Å². The number of ether oxygens (including phenoxy) is 1. The van der Waals surface area contributed by atoms with E-state index in [-0.39, 0.29) is 6.61 Å². The lowest BCUT2D eigenvalue weighted by Crippen LogP contribution is -2.30. The molecule has 1 heterocycles. The molecule has 1 aromatic rings. The number of hydrogen-bond donors (Lipinski definition) is 0. The largest absolute Gasteiger partial charge is 0.463 e. The van der Waals surface area contributed by atoms with Crippen LogP contribution in [-0.4, -0.2) is 24.5 Å². The molecule has 4 nitrogen and oxygen atoms in total. The Kier molecular flexibility index (Phi) is 5.12. The SMILES string of the molecule is CCOC(=O)C1=C(C)N(C)C(C)=C(C#N)C1c1ccccc1Cl. The second-order valence-corrected chi connectivity index (χ2v) is 5.75. The van der Waals surface area contributed by atoms with Crippen LogP contribution in [0, 0.1) is 11.3 Å². The standard InChI is InChI=1S/C18H19ClN2O2/c1-5-23-18(22)16-12(3)21(4)11(2)14(10-20)17(16)13-8-6-7-9-15(13)19/h6-9,17H,5H2,1-4H3. The van der Waals surface area contributed by atoms with Gasteiger partial charge in [-0.25, -0.2) is 4.79 Å². The molecule has 1 aliphatic rings. The van der Waals surface area contributed by atoms with Gasteiger partial charge in [0.2, 0.25) is 0 Å². The molecule has 0 radical (unpaired) electrons. The van der Waals surface area contributed by atoms with Crippen molar-refractivity contribution in [2.45, 2.75) is 26.7 Å². The second-order valence-electron chi connectivity index (χ2n) is 5.34. The molecule has 120 valence electrons. The van der Waals surface area contributed by atoms with Crippen LogP contribution in [-0.2, 0) is 9.53 Å². The fourth-order valence-corrected chi connectivity index (χ4v) is 3.06. The van der Waals surface area contributed by atoms with Crippen LogP contribution in [0.3, 0.4) is 0 Å². The minimum Gasteiger partial charge on any atom is -0.463 e. The van der Waals surface area contributed by atoms with Crippen molar-refractivity contribution in [3.05, 3.63) is 57.4 Å². The second kappa shape index (κ2) is 6.89. The summed E-state index contributed by atoms with van der Waals surface area (Å²) in [5.41, 5.74) is 3.28. The van der Waals surface area contributed by atoms with Gasteiger partial charge in [-0.15, -0.1) is 0 Å². The lowest BCUT2D eigenvalue weighted by molar-refractivity contribution is -0.139. The van der Waals surface area contributed by atoms with E-state index in [4.69, 9.17) is 16.3 Å². The van der Waals surface area contributed by atoms with Crippen LogP contribution in [0.15, 0.2) is 46.8 Å². The average Bonchev–Trinajstić information content (AvgIpc) is 2.53. The molecule has 1 unspecified atom stereocenters. The molecule has 0 fully saturated rings. The van der Waals surface area contributed by atoms with Gasteiger partial charge in [-0.05, 0) is 32.4 Å². The quantitative estimate of drug-likeness (QED) is 0.786. The minimum atomic E-state index is -0.510.